The molecule has 3 heterocycles. The molecule has 1 aliphatic carbocycles. The molecule has 3 aromatic heterocycles. The largest absolute Gasteiger partial charge is 0.348 e. The van der Waals surface area contributed by atoms with Gasteiger partial charge in [-0.15, -0.1) is 0 Å². The predicted octanol–water partition coefficient (Wildman–Crippen LogP) is 7.28. The van der Waals surface area contributed by atoms with E-state index in [9.17, 15) is 4.79 Å². The lowest BCUT2D eigenvalue weighted by molar-refractivity contribution is 0.0951. The molecule has 1 atom stereocenters. The van der Waals surface area contributed by atoms with Crippen LogP contribution >= 0.6 is 23.2 Å². The first-order chi connectivity index (χ1) is 20.0. The SMILES string of the molecule is Cn1c(CN(Cc2ccc(CNC(=O)c3c(Cl)cncc3Cl)cc2)C2CCCc3cccnc32)cc2ccccc21. The molecule has 8 heteroatoms. The van der Waals surface area contributed by atoms with Crippen LogP contribution in [0.4, 0.5) is 0 Å². The maximum absolute atomic E-state index is 12.7. The quantitative estimate of drug-likeness (QED) is 0.208. The monoisotopic (exact) mass is 583 g/mol. The van der Waals surface area contributed by atoms with Crippen molar-refractivity contribution in [2.45, 2.75) is 44.9 Å². The second-order valence-electron chi connectivity index (χ2n) is 10.6. The molecule has 0 bridgehead atoms. The number of nitrogens with zero attached hydrogens (tertiary/aromatic N) is 4. The van der Waals surface area contributed by atoms with Crippen molar-refractivity contribution < 1.29 is 4.79 Å². The zero-order chi connectivity index (χ0) is 28.3. The smallest absolute Gasteiger partial charge is 0.254 e. The van der Waals surface area contributed by atoms with Gasteiger partial charge in [0.2, 0.25) is 0 Å². The molecular formula is C33H31Cl2N5O. The zero-order valence-electron chi connectivity index (χ0n) is 22.9. The van der Waals surface area contributed by atoms with Crippen LogP contribution in [0.15, 0.2) is 85.3 Å². The first-order valence-corrected chi connectivity index (χ1v) is 14.6. The summed E-state index contributed by atoms with van der Waals surface area (Å²) in [6, 6.07) is 23.8. The number of carbonyl (C=O) groups excluding carboxylic acids is 1. The number of aryl methyl sites for hydroxylation is 2. The fraction of sp³-hybridized carbons (Fsp3) is 0.242. The van der Waals surface area contributed by atoms with Crippen molar-refractivity contribution >= 4 is 40.0 Å². The maximum atomic E-state index is 12.7. The highest BCUT2D eigenvalue weighted by molar-refractivity contribution is 6.39. The van der Waals surface area contributed by atoms with Crippen molar-refractivity contribution in [3.8, 4) is 0 Å². The number of para-hydroxylation sites is 1. The molecule has 0 aliphatic heterocycles. The summed E-state index contributed by atoms with van der Waals surface area (Å²) in [6.07, 6.45) is 8.07. The summed E-state index contributed by atoms with van der Waals surface area (Å²) >= 11 is 12.3. The lowest BCUT2D eigenvalue weighted by Gasteiger charge is -2.35. The van der Waals surface area contributed by atoms with Gasteiger partial charge in [-0.3, -0.25) is 19.7 Å². The van der Waals surface area contributed by atoms with Crippen LogP contribution < -0.4 is 5.32 Å². The molecule has 1 N–H and O–H groups in total. The van der Waals surface area contributed by atoms with Gasteiger partial charge in [0, 0.05) is 56.5 Å². The van der Waals surface area contributed by atoms with Gasteiger partial charge in [0.1, 0.15) is 0 Å². The van der Waals surface area contributed by atoms with Gasteiger partial charge in [-0.25, -0.2) is 0 Å². The van der Waals surface area contributed by atoms with Gasteiger partial charge in [0.25, 0.3) is 5.91 Å². The molecule has 1 aliphatic rings. The Labute approximate surface area is 249 Å². The third-order valence-corrected chi connectivity index (χ3v) is 8.54. The number of hydrogen-bond donors (Lipinski definition) is 1. The van der Waals surface area contributed by atoms with Crippen molar-refractivity contribution in [1.82, 2.24) is 24.8 Å². The summed E-state index contributed by atoms with van der Waals surface area (Å²) in [4.78, 5) is 24.0. The second-order valence-corrected chi connectivity index (χ2v) is 11.4. The molecule has 1 amide bonds. The van der Waals surface area contributed by atoms with E-state index in [1.807, 2.05) is 12.3 Å². The van der Waals surface area contributed by atoms with E-state index in [1.54, 1.807) is 0 Å². The van der Waals surface area contributed by atoms with E-state index < -0.39 is 0 Å². The number of amides is 1. The molecule has 208 valence electrons. The minimum Gasteiger partial charge on any atom is -0.348 e. The van der Waals surface area contributed by atoms with Gasteiger partial charge in [-0.2, -0.15) is 0 Å². The first kappa shape index (κ1) is 27.5. The molecule has 0 radical (unpaired) electrons. The molecular weight excluding hydrogens is 553 g/mol. The Bertz CT molecular complexity index is 1680. The van der Waals surface area contributed by atoms with E-state index in [1.165, 1.54) is 45.8 Å². The van der Waals surface area contributed by atoms with E-state index in [0.717, 1.165) is 37.9 Å². The first-order valence-electron chi connectivity index (χ1n) is 13.8. The van der Waals surface area contributed by atoms with Crippen molar-refractivity contribution in [2.24, 2.45) is 7.05 Å². The van der Waals surface area contributed by atoms with Gasteiger partial charge in [0.15, 0.2) is 0 Å². The summed E-state index contributed by atoms with van der Waals surface area (Å²) in [6.45, 7) is 1.97. The second kappa shape index (κ2) is 12.0. The van der Waals surface area contributed by atoms with Gasteiger partial charge in [-0.05, 0) is 59.5 Å². The number of hydrogen-bond acceptors (Lipinski definition) is 4. The van der Waals surface area contributed by atoms with Crippen LogP contribution in [0.1, 0.15) is 57.3 Å². The highest BCUT2D eigenvalue weighted by Crippen LogP contribution is 2.35. The predicted molar refractivity (Wildman–Crippen MR) is 164 cm³/mol. The van der Waals surface area contributed by atoms with Crippen LogP contribution in [0.3, 0.4) is 0 Å². The molecule has 0 spiro atoms. The minimum absolute atomic E-state index is 0.232. The van der Waals surface area contributed by atoms with E-state index in [4.69, 9.17) is 28.2 Å². The zero-order valence-corrected chi connectivity index (χ0v) is 24.4. The van der Waals surface area contributed by atoms with Crippen LogP contribution in [0, 0.1) is 0 Å². The summed E-state index contributed by atoms with van der Waals surface area (Å²) in [7, 11) is 2.15. The number of aromatic nitrogens is 3. The molecule has 41 heavy (non-hydrogen) atoms. The Morgan fingerprint density at radius 3 is 2.54 bits per heavy atom. The Morgan fingerprint density at radius 1 is 1.00 bits per heavy atom. The number of pyridine rings is 2. The van der Waals surface area contributed by atoms with Gasteiger partial charge in [-0.1, -0.05) is 71.7 Å². The number of halogens is 2. The Hall–Kier alpha value is -3.71. The lowest BCUT2D eigenvalue weighted by Crippen LogP contribution is -2.32. The number of benzene rings is 2. The number of nitrogens with one attached hydrogen (secondary N) is 1. The van der Waals surface area contributed by atoms with Crippen LogP contribution in [0.2, 0.25) is 10.0 Å². The third kappa shape index (κ3) is 5.87. The number of carbonyl (C=O) groups is 1. The fourth-order valence-corrected chi connectivity index (χ4v) is 6.35. The number of fused-ring (bicyclic) bond motifs is 2. The highest BCUT2D eigenvalue weighted by Gasteiger charge is 2.28. The Balaban J connectivity index is 1.22. The molecule has 6 rings (SSSR count). The highest BCUT2D eigenvalue weighted by atomic mass is 35.5. The fourth-order valence-electron chi connectivity index (χ4n) is 5.82. The summed E-state index contributed by atoms with van der Waals surface area (Å²) in [5.41, 5.74) is 7.52. The maximum Gasteiger partial charge on any atom is 0.254 e. The lowest BCUT2D eigenvalue weighted by atomic mass is 9.90. The third-order valence-electron chi connectivity index (χ3n) is 7.96. The van der Waals surface area contributed by atoms with Crippen molar-refractivity contribution in [2.75, 3.05) is 0 Å². The van der Waals surface area contributed by atoms with Crippen LogP contribution in [-0.2, 0) is 33.1 Å². The minimum atomic E-state index is -0.323. The van der Waals surface area contributed by atoms with E-state index >= 15 is 0 Å². The topological polar surface area (TPSA) is 63.0 Å². The average Bonchev–Trinajstić information content (AvgIpc) is 3.31. The van der Waals surface area contributed by atoms with Gasteiger partial charge < -0.3 is 9.88 Å². The van der Waals surface area contributed by atoms with Crippen molar-refractivity contribution in [3.05, 3.63) is 129 Å². The molecule has 5 aromatic rings. The Kier molecular flexibility index (Phi) is 8.06. The van der Waals surface area contributed by atoms with E-state index in [-0.39, 0.29) is 27.6 Å². The average molecular weight is 585 g/mol. The molecule has 1 unspecified atom stereocenters. The van der Waals surface area contributed by atoms with Crippen molar-refractivity contribution in [1.29, 1.82) is 0 Å². The van der Waals surface area contributed by atoms with Gasteiger partial charge in [0.05, 0.1) is 27.3 Å². The van der Waals surface area contributed by atoms with Crippen LogP contribution in [0.25, 0.3) is 10.9 Å². The normalized spacial score (nSPS) is 14.8. The van der Waals surface area contributed by atoms with Gasteiger partial charge >= 0.3 is 0 Å². The molecule has 6 nitrogen and oxygen atoms in total. The molecule has 0 saturated heterocycles. The summed E-state index contributed by atoms with van der Waals surface area (Å²) in [5.74, 6) is -0.323. The van der Waals surface area contributed by atoms with Crippen LogP contribution in [0.5, 0.6) is 0 Å². The van der Waals surface area contributed by atoms with E-state index in [0.29, 0.717) is 6.54 Å². The molecule has 0 saturated carbocycles. The number of rotatable bonds is 8. The van der Waals surface area contributed by atoms with E-state index in [2.05, 4.69) is 87.5 Å². The van der Waals surface area contributed by atoms with Crippen LogP contribution in [-0.4, -0.2) is 25.3 Å². The molecule has 0 fully saturated rings. The summed E-state index contributed by atoms with van der Waals surface area (Å²) in [5, 5.41) is 4.64. The standard InChI is InChI=1S/C33H31Cl2N5O/c1-39-26(16-25-6-2-3-9-29(25)39)21-40(30-10-4-7-24-8-5-15-37-32(24)30)20-23-13-11-22(12-14-23)17-38-33(41)31-27(34)18-36-19-28(31)35/h2-3,5-6,8-9,11-16,18-19,30H,4,7,10,17,20-21H2,1H3,(H,38,41). The Morgan fingerprint density at radius 2 is 1.76 bits per heavy atom. The summed E-state index contributed by atoms with van der Waals surface area (Å²) < 4.78 is 2.30. The van der Waals surface area contributed by atoms with Crippen molar-refractivity contribution in [3.63, 3.8) is 0 Å². The molecule has 2 aromatic carbocycles.